The number of hydrogen-bond donors (Lipinski definition) is 0. The highest BCUT2D eigenvalue weighted by molar-refractivity contribution is 5.93. The Kier molecular flexibility index (Phi) is 6.60. The van der Waals surface area contributed by atoms with Crippen molar-refractivity contribution >= 4 is 17.0 Å². The zero-order valence-corrected chi connectivity index (χ0v) is 20.6. The van der Waals surface area contributed by atoms with Crippen LogP contribution in [0.4, 0.5) is 13.2 Å². The van der Waals surface area contributed by atoms with Crippen LogP contribution in [-0.2, 0) is 4.74 Å². The maximum Gasteiger partial charge on any atom is 0.573 e. The molecule has 0 N–H and O–H groups in total. The van der Waals surface area contributed by atoms with Gasteiger partial charge in [-0.3, -0.25) is 0 Å². The first-order valence-corrected chi connectivity index (χ1v) is 11.8. The molecule has 4 rings (SSSR count). The maximum atomic E-state index is 12.6. The molecule has 1 unspecified atom stereocenters. The van der Waals surface area contributed by atoms with Crippen molar-refractivity contribution in [3.05, 3.63) is 59.4 Å². The molecule has 188 valence electrons. The van der Waals surface area contributed by atoms with E-state index in [0.717, 1.165) is 36.2 Å². The molecule has 8 heteroatoms. The summed E-state index contributed by atoms with van der Waals surface area (Å²) in [6.45, 7) is 8.83. The van der Waals surface area contributed by atoms with Crippen molar-refractivity contribution in [2.75, 3.05) is 7.11 Å². The largest absolute Gasteiger partial charge is 0.573 e. The summed E-state index contributed by atoms with van der Waals surface area (Å²) in [5.74, 6) is 0.486. The second kappa shape index (κ2) is 9.21. The third kappa shape index (κ3) is 5.46. The molecule has 1 fully saturated rings. The van der Waals surface area contributed by atoms with Crippen molar-refractivity contribution in [3.63, 3.8) is 0 Å². The number of aromatic nitrogens is 2. The average molecular weight is 489 g/mol. The molecule has 2 aromatic carbocycles. The van der Waals surface area contributed by atoms with Gasteiger partial charge in [-0.1, -0.05) is 39.8 Å². The Morgan fingerprint density at radius 2 is 1.83 bits per heavy atom. The number of carbonyl (C=O) groups is 1. The molecule has 0 spiro atoms. The quantitative estimate of drug-likeness (QED) is 0.355. The minimum Gasteiger partial charge on any atom is -0.465 e. The predicted molar refractivity (Wildman–Crippen MR) is 128 cm³/mol. The zero-order valence-electron chi connectivity index (χ0n) is 20.6. The van der Waals surface area contributed by atoms with Crippen LogP contribution in [0.2, 0.25) is 0 Å². The first kappa shape index (κ1) is 25.1. The molecule has 3 atom stereocenters. The van der Waals surface area contributed by atoms with E-state index in [1.807, 2.05) is 13.0 Å². The smallest absolute Gasteiger partial charge is 0.465 e. The number of halogens is 3. The summed E-state index contributed by atoms with van der Waals surface area (Å²) in [6, 6.07) is 11.6. The monoisotopic (exact) mass is 488 g/mol. The highest BCUT2D eigenvalue weighted by Gasteiger charge is 2.35. The Bertz CT molecular complexity index is 1210. The number of carbonyl (C=O) groups excluding carboxylic acids is 1. The zero-order chi connectivity index (χ0) is 25.5. The summed E-state index contributed by atoms with van der Waals surface area (Å²) >= 11 is 0. The lowest BCUT2D eigenvalue weighted by Crippen LogP contribution is -2.30. The summed E-state index contributed by atoms with van der Waals surface area (Å²) < 4.78 is 48.9. The first-order valence-electron chi connectivity index (χ1n) is 11.8. The van der Waals surface area contributed by atoms with Crippen molar-refractivity contribution in [3.8, 4) is 5.75 Å². The van der Waals surface area contributed by atoms with Crippen molar-refractivity contribution in [1.82, 2.24) is 9.55 Å². The molecule has 5 nitrogen and oxygen atoms in total. The van der Waals surface area contributed by atoms with E-state index in [4.69, 9.17) is 9.72 Å². The van der Waals surface area contributed by atoms with Gasteiger partial charge in [-0.05, 0) is 66.5 Å². The lowest BCUT2D eigenvalue weighted by molar-refractivity contribution is -0.274. The minimum atomic E-state index is -4.73. The van der Waals surface area contributed by atoms with E-state index in [0.29, 0.717) is 17.0 Å². The highest BCUT2D eigenvalue weighted by Crippen LogP contribution is 2.46. The fraction of sp³-hybridized carbons (Fsp3) is 0.481. The van der Waals surface area contributed by atoms with Crippen LogP contribution >= 0.6 is 0 Å². The molecule has 35 heavy (non-hydrogen) atoms. The summed E-state index contributed by atoms with van der Waals surface area (Å²) in [7, 11) is 1.34. The number of rotatable bonds is 5. The van der Waals surface area contributed by atoms with Crippen molar-refractivity contribution in [2.24, 2.45) is 11.3 Å². The lowest BCUT2D eigenvalue weighted by Gasteiger charge is -2.40. The number of hydrogen-bond acceptors (Lipinski definition) is 4. The summed E-state index contributed by atoms with van der Waals surface area (Å²) in [4.78, 5) is 17.1. The van der Waals surface area contributed by atoms with Gasteiger partial charge in [-0.15, -0.1) is 13.2 Å². The van der Waals surface area contributed by atoms with Gasteiger partial charge in [0.1, 0.15) is 11.6 Å². The van der Waals surface area contributed by atoms with Crippen LogP contribution in [0.25, 0.3) is 11.0 Å². The minimum absolute atomic E-state index is 0.169. The third-order valence-corrected chi connectivity index (χ3v) is 6.87. The lowest BCUT2D eigenvalue weighted by atomic mass is 9.70. The molecule has 1 aromatic heterocycles. The van der Waals surface area contributed by atoms with Gasteiger partial charge in [0, 0.05) is 12.0 Å². The Morgan fingerprint density at radius 1 is 1.14 bits per heavy atom. The number of benzene rings is 2. The molecule has 0 bridgehead atoms. The molecule has 1 aliphatic carbocycles. The van der Waals surface area contributed by atoms with Crippen LogP contribution < -0.4 is 4.74 Å². The van der Waals surface area contributed by atoms with Crippen LogP contribution in [0.15, 0.2) is 42.5 Å². The van der Waals surface area contributed by atoms with Crippen molar-refractivity contribution in [1.29, 1.82) is 0 Å². The van der Waals surface area contributed by atoms with Gasteiger partial charge in [0.2, 0.25) is 0 Å². The number of esters is 1. The van der Waals surface area contributed by atoms with E-state index in [2.05, 4.69) is 30.1 Å². The van der Waals surface area contributed by atoms with Crippen LogP contribution in [-0.4, -0.2) is 29.0 Å². The van der Waals surface area contributed by atoms with Gasteiger partial charge in [0.25, 0.3) is 0 Å². The normalized spacial score (nSPS) is 21.0. The van der Waals surface area contributed by atoms with Gasteiger partial charge >= 0.3 is 12.3 Å². The standard InChI is InChI=1S/C27H31F3N2O3/c1-16-12-20(15-26(3,4)14-16)32-23-11-8-19(25(33)34-5)13-22(23)31-24(32)17(2)18-6-9-21(10-7-18)35-27(28,29)30/h6-11,13,16-17,20H,12,14-15H2,1-5H3/t16-,17?,20+/m1/s1. The number of methoxy groups -OCH3 is 1. The van der Waals surface area contributed by atoms with Crippen molar-refractivity contribution < 1.29 is 27.4 Å². The Balaban J connectivity index is 1.79. The molecule has 0 saturated heterocycles. The fourth-order valence-corrected chi connectivity index (χ4v) is 5.65. The molecule has 1 aliphatic rings. The first-order chi connectivity index (χ1) is 16.4. The fourth-order valence-electron chi connectivity index (χ4n) is 5.65. The highest BCUT2D eigenvalue weighted by atomic mass is 19.4. The Labute approximate surface area is 203 Å². The Morgan fingerprint density at radius 3 is 2.43 bits per heavy atom. The third-order valence-electron chi connectivity index (χ3n) is 6.87. The van der Waals surface area contributed by atoms with Gasteiger partial charge in [0.15, 0.2) is 0 Å². The van der Waals surface area contributed by atoms with Gasteiger partial charge < -0.3 is 14.0 Å². The van der Waals surface area contributed by atoms with Crippen LogP contribution in [0.5, 0.6) is 5.75 Å². The number of nitrogens with zero attached hydrogens (tertiary/aromatic N) is 2. The molecule has 3 aromatic rings. The molecule has 1 saturated carbocycles. The molecule has 0 radical (unpaired) electrons. The molecule has 1 heterocycles. The van der Waals surface area contributed by atoms with Crippen molar-refractivity contribution in [2.45, 2.75) is 65.3 Å². The predicted octanol–water partition coefficient (Wildman–Crippen LogP) is 7.26. The van der Waals surface area contributed by atoms with Crippen LogP contribution in [0, 0.1) is 11.3 Å². The van der Waals surface area contributed by atoms with Gasteiger partial charge in [-0.2, -0.15) is 0 Å². The second-order valence-electron chi connectivity index (χ2n) is 10.4. The summed E-state index contributed by atoms with van der Waals surface area (Å²) in [6.07, 6.45) is -1.59. The SMILES string of the molecule is COC(=O)c1ccc2c(c1)nc(C(C)c1ccc(OC(F)(F)F)cc1)n2[C@H]1C[C@@H](C)CC(C)(C)C1. The number of ether oxygens (including phenoxy) is 2. The Hall–Kier alpha value is -3.03. The molecular formula is C27H31F3N2O3. The topological polar surface area (TPSA) is 53.4 Å². The van der Waals surface area contributed by atoms with E-state index in [1.54, 1.807) is 24.3 Å². The van der Waals surface area contributed by atoms with E-state index in [1.165, 1.54) is 19.2 Å². The van der Waals surface area contributed by atoms with E-state index < -0.39 is 12.3 Å². The number of alkyl halides is 3. The number of fused-ring (bicyclic) bond motifs is 1. The maximum absolute atomic E-state index is 12.6. The molecular weight excluding hydrogens is 457 g/mol. The van der Waals surface area contributed by atoms with E-state index >= 15 is 0 Å². The van der Waals surface area contributed by atoms with Crippen LogP contribution in [0.3, 0.4) is 0 Å². The van der Waals surface area contributed by atoms with Gasteiger partial charge in [0.05, 0.1) is 23.7 Å². The number of imidazole rings is 1. The van der Waals surface area contributed by atoms with Crippen LogP contribution in [0.1, 0.15) is 80.7 Å². The van der Waals surface area contributed by atoms with E-state index in [-0.39, 0.29) is 23.1 Å². The van der Waals surface area contributed by atoms with Gasteiger partial charge in [-0.25, -0.2) is 9.78 Å². The molecule has 0 aliphatic heterocycles. The second-order valence-corrected chi connectivity index (χ2v) is 10.4. The summed E-state index contributed by atoms with van der Waals surface area (Å²) in [5.41, 5.74) is 3.05. The van der Waals surface area contributed by atoms with E-state index in [9.17, 15) is 18.0 Å². The molecule has 0 amide bonds. The average Bonchev–Trinajstić information content (AvgIpc) is 3.15. The summed E-state index contributed by atoms with van der Waals surface area (Å²) in [5, 5.41) is 0.